The Morgan fingerprint density at radius 1 is 1.00 bits per heavy atom. The zero-order chi connectivity index (χ0) is 15.3. The van der Waals surface area contributed by atoms with Gasteiger partial charge >= 0.3 is 0 Å². The van der Waals surface area contributed by atoms with Crippen LogP contribution in [0.1, 0.15) is 22.4 Å². The highest BCUT2D eigenvalue weighted by Gasteiger charge is 2.21. The second-order valence-corrected chi connectivity index (χ2v) is 6.05. The number of nitrogens with zero attached hydrogens (tertiary/aromatic N) is 2. The quantitative estimate of drug-likeness (QED) is 0.656. The first kappa shape index (κ1) is 13.3. The highest BCUT2D eigenvalue weighted by Crippen LogP contribution is 2.34. The number of aryl methyl sites for hydroxylation is 2. The summed E-state index contributed by atoms with van der Waals surface area (Å²) in [6.07, 6.45) is 0. The number of aromatic nitrogens is 1. The van der Waals surface area contributed by atoms with Crippen LogP contribution in [0.15, 0.2) is 42.5 Å². The molecule has 110 valence electrons. The van der Waals surface area contributed by atoms with Crippen molar-refractivity contribution in [2.45, 2.75) is 26.9 Å². The predicted molar refractivity (Wildman–Crippen MR) is 87.5 cm³/mol. The minimum atomic E-state index is -0.255. The van der Waals surface area contributed by atoms with Crippen LogP contribution in [0.25, 0.3) is 10.9 Å². The largest absolute Gasteiger partial charge is 0.362 e. The average Bonchev–Trinajstić information content (AvgIpc) is 2.90. The summed E-state index contributed by atoms with van der Waals surface area (Å²) >= 11 is 0. The summed E-state index contributed by atoms with van der Waals surface area (Å²) in [5.41, 5.74) is 6.37. The molecule has 0 amide bonds. The maximum Gasteiger partial charge on any atom is 0.149 e. The molecule has 0 fully saturated rings. The highest BCUT2D eigenvalue weighted by atomic mass is 19.1. The Balaban J connectivity index is 1.85. The van der Waals surface area contributed by atoms with E-state index in [0.29, 0.717) is 5.52 Å². The molecule has 0 radical (unpaired) electrons. The predicted octanol–water partition coefficient (Wildman–Crippen LogP) is 4.51. The Bertz CT molecular complexity index is 886. The van der Waals surface area contributed by atoms with Gasteiger partial charge in [0.1, 0.15) is 11.3 Å². The average molecular weight is 292 g/mol. The molecule has 2 aromatic carbocycles. The molecule has 3 heteroatoms. The van der Waals surface area contributed by atoms with Crippen molar-refractivity contribution in [3.05, 3.63) is 70.7 Å². The fourth-order valence-electron chi connectivity index (χ4n) is 3.28. The van der Waals surface area contributed by atoms with Gasteiger partial charge in [-0.15, -0.1) is 0 Å². The minimum Gasteiger partial charge on any atom is -0.362 e. The van der Waals surface area contributed by atoms with Crippen molar-refractivity contribution in [1.82, 2.24) is 4.98 Å². The molecule has 4 rings (SSSR count). The van der Waals surface area contributed by atoms with Crippen molar-refractivity contribution in [3.8, 4) is 0 Å². The van der Waals surface area contributed by atoms with Crippen molar-refractivity contribution in [3.63, 3.8) is 0 Å². The van der Waals surface area contributed by atoms with Gasteiger partial charge in [0.15, 0.2) is 0 Å². The molecule has 2 heterocycles. The number of fused-ring (bicyclic) bond motifs is 2. The summed E-state index contributed by atoms with van der Waals surface area (Å²) in [7, 11) is 0. The molecule has 0 saturated carbocycles. The number of hydrogen-bond donors (Lipinski definition) is 0. The monoisotopic (exact) mass is 292 g/mol. The molecule has 0 saturated heterocycles. The SMILES string of the molecule is Cc1ccc2c(c1)CN(c1cc(C)nc3c(F)cccc13)C2. The van der Waals surface area contributed by atoms with E-state index in [9.17, 15) is 4.39 Å². The van der Waals surface area contributed by atoms with Crippen LogP contribution < -0.4 is 4.90 Å². The third-order valence-electron chi connectivity index (χ3n) is 4.32. The van der Waals surface area contributed by atoms with E-state index in [1.807, 2.05) is 13.0 Å². The molecular weight excluding hydrogens is 275 g/mol. The fourth-order valence-corrected chi connectivity index (χ4v) is 3.28. The summed E-state index contributed by atoms with van der Waals surface area (Å²) in [6.45, 7) is 5.77. The number of anilines is 1. The van der Waals surface area contributed by atoms with Crippen LogP contribution in [-0.2, 0) is 13.1 Å². The van der Waals surface area contributed by atoms with Gasteiger partial charge in [-0.2, -0.15) is 0 Å². The number of benzene rings is 2. The van der Waals surface area contributed by atoms with Crippen LogP contribution in [0.2, 0.25) is 0 Å². The summed E-state index contributed by atoms with van der Waals surface area (Å²) in [5, 5.41) is 0.884. The maximum atomic E-state index is 14.1. The number of hydrogen-bond acceptors (Lipinski definition) is 2. The Labute approximate surface area is 129 Å². The number of para-hydroxylation sites is 1. The van der Waals surface area contributed by atoms with Gasteiger partial charge in [0.25, 0.3) is 0 Å². The molecule has 1 aliphatic heterocycles. The van der Waals surface area contributed by atoms with Crippen molar-refractivity contribution in [1.29, 1.82) is 0 Å². The molecule has 3 aromatic rings. The van der Waals surface area contributed by atoms with Crippen molar-refractivity contribution < 1.29 is 4.39 Å². The van der Waals surface area contributed by atoms with Crippen molar-refractivity contribution >= 4 is 16.6 Å². The molecule has 0 atom stereocenters. The fraction of sp³-hybridized carbons (Fsp3) is 0.211. The number of pyridine rings is 1. The van der Waals surface area contributed by atoms with E-state index in [1.165, 1.54) is 22.8 Å². The van der Waals surface area contributed by atoms with Gasteiger partial charge in [0.05, 0.1) is 0 Å². The lowest BCUT2D eigenvalue weighted by Crippen LogP contribution is -2.15. The highest BCUT2D eigenvalue weighted by molar-refractivity contribution is 5.92. The lowest BCUT2D eigenvalue weighted by atomic mass is 10.1. The van der Waals surface area contributed by atoms with E-state index in [2.05, 4.69) is 41.1 Å². The van der Waals surface area contributed by atoms with Crippen molar-refractivity contribution in [2.75, 3.05) is 4.90 Å². The lowest BCUT2D eigenvalue weighted by molar-refractivity contribution is 0.636. The minimum absolute atomic E-state index is 0.255. The van der Waals surface area contributed by atoms with E-state index in [-0.39, 0.29) is 5.82 Å². The zero-order valence-corrected chi connectivity index (χ0v) is 12.7. The Morgan fingerprint density at radius 3 is 2.68 bits per heavy atom. The first-order valence-corrected chi connectivity index (χ1v) is 7.51. The van der Waals surface area contributed by atoms with Crippen LogP contribution in [0.4, 0.5) is 10.1 Å². The van der Waals surface area contributed by atoms with Crippen LogP contribution in [0.3, 0.4) is 0 Å². The summed E-state index contributed by atoms with van der Waals surface area (Å²) in [5.74, 6) is -0.255. The Kier molecular flexibility index (Phi) is 2.89. The van der Waals surface area contributed by atoms with Crippen LogP contribution in [0, 0.1) is 19.7 Å². The van der Waals surface area contributed by atoms with E-state index < -0.39 is 0 Å². The van der Waals surface area contributed by atoms with E-state index in [4.69, 9.17) is 0 Å². The van der Waals surface area contributed by atoms with Crippen LogP contribution >= 0.6 is 0 Å². The molecule has 0 spiro atoms. The standard InChI is InChI=1S/C19H17FN2/c1-12-6-7-14-10-22(11-15(14)8-12)18-9-13(2)21-19-16(18)4-3-5-17(19)20/h3-9H,10-11H2,1-2H3. The van der Waals surface area contributed by atoms with Crippen LogP contribution in [-0.4, -0.2) is 4.98 Å². The first-order valence-electron chi connectivity index (χ1n) is 7.51. The second kappa shape index (κ2) is 4.80. The smallest absolute Gasteiger partial charge is 0.149 e. The van der Waals surface area contributed by atoms with Crippen molar-refractivity contribution in [2.24, 2.45) is 0 Å². The van der Waals surface area contributed by atoms with Gasteiger partial charge in [-0.1, -0.05) is 35.9 Å². The van der Waals surface area contributed by atoms with Gasteiger partial charge in [0, 0.05) is 29.9 Å². The van der Waals surface area contributed by atoms with Crippen LogP contribution in [0.5, 0.6) is 0 Å². The molecule has 1 aromatic heterocycles. The molecule has 2 nitrogen and oxygen atoms in total. The summed E-state index contributed by atoms with van der Waals surface area (Å²) in [4.78, 5) is 6.67. The third-order valence-corrected chi connectivity index (χ3v) is 4.32. The van der Waals surface area contributed by atoms with Gasteiger partial charge < -0.3 is 4.90 Å². The molecule has 0 bridgehead atoms. The van der Waals surface area contributed by atoms with Gasteiger partial charge in [-0.25, -0.2) is 9.37 Å². The molecular formula is C19H17FN2. The molecule has 1 aliphatic rings. The Morgan fingerprint density at radius 2 is 1.82 bits per heavy atom. The van der Waals surface area contributed by atoms with Gasteiger partial charge in [-0.3, -0.25) is 0 Å². The first-order chi connectivity index (χ1) is 10.6. The molecule has 0 aliphatic carbocycles. The number of rotatable bonds is 1. The topological polar surface area (TPSA) is 16.1 Å². The zero-order valence-electron chi connectivity index (χ0n) is 12.7. The Hall–Kier alpha value is -2.42. The molecule has 0 unspecified atom stereocenters. The summed E-state index contributed by atoms with van der Waals surface area (Å²) < 4.78 is 14.1. The van der Waals surface area contributed by atoms with Gasteiger partial charge in [0.2, 0.25) is 0 Å². The molecule has 22 heavy (non-hydrogen) atoms. The normalized spacial score (nSPS) is 13.7. The maximum absolute atomic E-state index is 14.1. The number of halogens is 1. The van der Waals surface area contributed by atoms with E-state index in [0.717, 1.165) is 29.9 Å². The summed E-state index contributed by atoms with van der Waals surface area (Å²) in [6, 6.07) is 13.8. The second-order valence-electron chi connectivity index (χ2n) is 6.05. The van der Waals surface area contributed by atoms with E-state index in [1.54, 1.807) is 6.07 Å². The van der Waals surface area contributed by atoms with E-state index >= 15 is 0 Å². The lowest BCUT2D eigenvalue weighted by Gasteiger charge is -2.20. The molecule has 0 N–H and O–H groups in total. The van der Waals surface area contributed by atoms with Gasteiger partial charge in [-0.05, 0) is 37.1 Å². The third kappa shape index (κ3) is 2.05.